The van der Waals surface area contributed by atoms with E-state index >= 15 is 0 Å². The number of rotatable bonds is 2. The Bertz CT molecular complexity index is 151. The monoisotopic (exact) mass is 198 g/mol. The van der Waals surface area contributed by atoms with Crippen LogP contribution >= 0.6 is 11.8 Å². The zero-order valence-corrected chi connectivity index (χ0v) is 9.78. The molecule has 0 aliphatic heterocycles. The molecule has 0 aromatic carbocycles. The first-order valence-corrected chi connectivity index (χ1v) is 6.85. The minimum atomic E-state index is 0.838. The van der Waals surface area contributed by atoms with Gasteiger partial charge in [0.05, 0.1) is 0 Å². The van der Waals surface area contributed by atoms with Crippen molar-refractivity contribution in [2.75, 3.05) is 0 Å². The smallest absolute Gasteiger partial charge is 0.00551 e. The van der Waals surface area contributed by atoms with Crippen molar-refractivity contribution in [2.24, 2.45) is 11.8 Å². The molecule has 2 aliphatic carbocycles. The molecule has 0 amide bonds. The summed E-state index contributed by atoms with van der Waals surface area (Å²) in [6.45, 7) is 4.68. The zero-order chi connectivity index (χ0) is 9.26. The van der Waals surface area contributed by atoms with Crippen LogP contribution in [-0.2, 0) is 0 Å². The highest BCUT2D eigenvalue weighted by Gasteiger charge is 2.35. The van der Waals surface area contributed by atoms with Gasteiger partial charge in [0.25, 0.3) is 0 Å². The molecule has 0 spiro atoms. The lowest BCUT2D eigenvalue weighted by molar-refractivity contribution is 0.277. The predicted molar refractivity (Wildman–Crippen MR) is 61.2 cm³/mol. The van der Waals surface area contributed by atoms with Gasteiger partial charge in [-0.25, -0.2) is 0 Å². The first-order valence-electron chi connectivity index (χ1n) is 5.91. The lowest BCUT2D eigenvalue weighted by atomic mass is 9.82. The van der Waals surface area contributed by atoms with E-state index in [9.17, 15) is 0 Å². The topological polar surface area (TPSA) is 0 Å². The number of thioether (sulfide) groups is 1. The Morgan fingerprint density at radius 2 is 1.54 bits per heavy atom. The summed E-state index contributed by atoms with van der Waals surface area (Å²) >= 11 is 2.23. The molecule has 1 heteroatoms. The van der Waals surface area contributed by atoms with Crippen LogP contribution < -0.4 is 0 Å². The molecule has 2 atom stereocenters. The summed E-state index contributed by atoms with van der Waals surface area (Å²) in [4.78, 5) is 0. The van der Waals surface area contributed by atoms with Crippen molar-refractivity contribution >= 4 is 11.8 Å². The largest absolute Gasteiger partial charge is 0.156 e. The van der Waals surface area contributed by atoms with Gasteiger partial charge >= 0.3 is 0 Å². The van der Waals surface area contributed by atoms with E-state index in [2.05, 4.69) is 25.6 Å². The Balaban J connectivity index is 1.84. The van der Waals surface area contributed by atoms with E-state index in [0.717, 1.165) is 22.3 Å². The summed E-state index contributed by atoms with van der Waals surface area (Å²) in [7, 11) is 0. The summed E-state index contributed by atoms with van der Waals surface area (Å²) in [5.74, 6) is 2.23. The SMILES string of the molecule is CC(C)SC1CC2CCCCC2C1. The summed E-state index contributed by atoms with van der Waals surface area (Å²) in [6.07, 6.45) is 9.18. The van der Waals surface area contributed by atoms with Gasteiger partial charge in [0.15, 0.2) is 0 Å². The van der Waals surface area contributed by atoms with Gasteiger partial charge in [0, 0.05) is 5.25 Å². The van der Waals surface area contributed by atoms with E-state index in [1.807, 2.05) is 0 Å². The van der Waals surface area contributed by atoms with Crippen LogP contribution in [-0.4, -0.2) is 10.5 Å². The van der Waals surface area contributed by atoms with Gasteiger partial charge in [-0.2, -0.15) is 11.8 Å². The lowest BCUT2D eigenvalue weighted by Gasteiger charge is -2.24. The zero-order valence-electron chi connectivity index (χ0n) is 8.96. The second-order valence-corrected chi connectivity index (χ2v) is 6.96. The van der Waals surface area contributed by atoms with Gasteiger partial charge < -0.3 is 0 Å². The molecule has 0 aromatic heterocycles. The number of hydrogen-bond acceptors (Lipinski definition) is 1. The van der Waals surface area contributed by atoms with Crippen molar-refractivity contribution in [2.45, 2.75) is 62.9 Å². The molecule has 0 bridgehead atoms. The van der Waals surface area contributed by atoms with Gasteiger partial charge in [0.2, 0.25) is 0 Å². The van der Waals surface area contributed by atoms with Crippen LogP contribution in [0.15, 0.2) is 0 Å². The second-order valence-electron chi connectivity index (χ2n) is 5.08. The summed E-state index contributed by atoms with van der Waals surface area (Å²) in [6, 6.07) is 0. The van der Waals surface area contributed by atoms with Crippen LogP contribution in [0.5, 0.6) is 0 Å². The van der Waals surface area contributed by atoms with Crippen LogP contribution in [0.25, 0.3) is 0 Å². The summed E-state index contributed by atoms with van der Waals surface area (Å²) in [5.41, 5.74) is 0. The summed E-state index contributed by atoms with van der Waals surface area (Å²) < 4.78 is 0. The Morgan fingerprint density at radius 1 is 1.00 bits per heavy atom. The van der Waals surface area contributed by atoms with Gasteiger partial charge in [-0.05, 0) is 29.9 Å². The molecule has 2 rings (SSSR count). The molecule has 2 saturated carbocycles. The van der Waals surface area contributed by atoms with Crippen LogP contribution in [0, 0.1) is 11.8 Å². The fraction of sp³-hybridized carbons (Fsp3) is 1.00. The summed E-state index contributed by atoms with van der Waals surface area (Å²) in [5, 5.41) is 1.85. The standard InChI is InChI=1S/C12H22S/c1-9(2)13-12-7-10-5-3-4-6-11(10)8-12/h9-12H,3-8H2,1-2H3. The molecule has 0 N–H and O–H groups in total. The lowest BCUT2D eigenvalue weighted by Crippen LogP contribution is -2.12. The second kappa shape index (κ2) is 4.25. The Labute approximate surface area is 86.9 Å². The quantitative estimate of drug-likeness (QED) is 0.644. The highest BCUT2D eigenvalue weighted by Crippen LogP contribution is 2.46. The third kappa shape index (κ3) is 2.43. The maximum atomic E-state index is 2.34. The van der Waals surface area contributed by atoms with Crippen molar-refractivity contribution in [1.29, 1.82) is 0 Å². The van der Waals surface area contributed by atoms with Crippen molar-refractivity contribution in [3.63, 3.8) is 0 Å². The van der Waals surface area contributed by atoms with Crippen molar-refractivity contribution in [3.05, 3.63) is 0 Å². The van der Waals surface area contributed by atoms with E-state index in [1.54, 1.807) is 12.8 Å². The van der Waals surface area contributed by atoms with E-state index in [-0.39, 0.29) is 0 Å². The minimum Gasteiger partial charge on any atom is -0.156 e. The number of fused-ring (bicyclic) bond motifs is 1. The van der Waals surface area contributed by atoms with Gasteiger partial charge in [-0.1, -0.05) is 39.5 Å². The van der Waals surface area contributed by atoms with Crippen LogP contribution in [0.4, 0.5) is 0 Å². The first kappa shape index (κ1) is 9.89. The van der Waals surface area contributed by atoms with Crippen LogP contribution in [0.3, 0.4) is 0 Å². The molecule has 13 heavy (non-hydrogen) atoms. The molecule has 0 heterocycles. The fourth-order valence-corrected chi connectivity index (χ4v) is 4.66. The predicted octanol–water partition coefficient (Wildman–Crippen LogP) is 4.10. The molecule has 2 aliphatic rings. The van der Waals surface area contributed by atoms with Crippen LogP contribution in [0.2, 0.25) is 0 Å². The molecule has 0 radical (unpaired) electrons. The molecule has 2 unspecified atom stereocenters. The maximum Gasteiger partial charge on any atom is 0.00551 e. The fourth-order valence-electron chi connectivity index (χ4n) is 3.17. The molecular formula is C12H22S. The van der Waals surface area contributed by atoms with Crippen molar-refractivity contribution in [3.8, 4) is 0 Å². The molecule has 0 saturated heterocycles. The molecule has 0 nitrogen and oxygen atoms in total. The van der Waals surface area contributed by atoms with Crippen molar-refractivity contribution < 1.29 is 0 Å². The van der Waals surface area contributed by atoms with E-state index < -0.39 is 0 Å². The Kier molecular flexibility index (Phi) is 3.23. The third-order valence-electron chi connectivity index (χ3n) is 3.66. The minimum absolute atomic E-state index is 0.838. The van der Waals surface area contributed by atoms with Crippen molar-refractivity contribution in [1.82, 2.24) is 0 Å². The Morgan fingerprint density at radius 3 is 2.00 bits per heavy atom. The highest BCUT2D eigenvalue weighted by molar-refractivity contribution is 8.00. The molecule has 0 aromatic rings. The third-order valence-corrected chi connectivity index (χ3v) is 4.98. The average Bonchev–Trinajstić information content (AvgIpc) is 2.44. The normalized spacial score (nSPS) is 39.5. The van der Waals surface area contributed by atoms with Gasteiger partial charge in [0.1, 0.15) is 0 Å². The highest BCUT2D eigenvalue weighted by atomic mass is 32.2. The van der Waals surface area contributed by atoms with E-state index in [1.165, 1.54) is 25.7 Å². The van der Waals surface area contributed by atoms with Crippen LogP contribution in [0.1, 0.15) is 52.4 Å². The van der Waals surface area contributed by atoms with Gasteiger partial charge in [-0.15, -0.1) is 0 Å². The molecule has 2 fully saturated rings. The Hall–Kier alpha value is 0.350. The van der Waals surface area contributed by atoms with E-state index in [0.29, 0.717) is 0 Å². The molecular weight excluding hydrogens is 176 g/mol. The number of hydrogen-bond donors (Lipinski definition) is 0. The average molecular weight is 198 g/mol. The van der Waals surface area contributed by atoms with E-state index in [4.69, 9.17) is 0 Å². The first-order chi connectivity index (χ1) is 6.25. The maximum absolute atomic E-state index is 2.34. The molecule has 76 valence electrons. The van der Waals surface area contributed by atoms with Gasteiger partial charge in [-0.3, -0.25) is 0 Å².